The van der Waals surface area contributed by atoms with Gasteiger partial charge in [-0.05, 0) is 68.0 Å². The number of carbonyl (C=O) groups excluding carboxylic acids is 1. The first-order valence-electron chi connectivity index (χ1n) is 6.37. The smallest absolute Gasteiger partial charge is 0.257 e. The van der Waals surface area contributed by atoms with Crippen molar-refractivity contribution < 1.29 is 4.79 Å². The predicted octanol–water partition coefficient (Wildman–Crippen LogP) is 6.04. The van der Waals surface area contributed by atoms with Crippen LogP contribution in [0.4, 0.5) is 5.69 Å². The van der Waals surface area contributed by atoms with Crippen LogP contribution in [0.1, 0.15) is 42.1 Å². The van der Waals surface area contributed by atoms with Crippen LogP contribution < -0.4 is 5.32 Å². The van der Waals surface area contributed by atoms with Crippen molar-refractivity contribution in [3.8, 4) is 0 Å². The first-order valence-corrected chi connectivity index (χ1v) is 8.77. The minimum atomic E-state index is -0.102. The van der Waals surface area contributed by atoms with Crippen LogP contribution in [0.25, 0.3) is 0 Å². The summed E-state index contributed by atoms with van der Waals surface area (Å²) in [5.41, 5.74) is 2.76. The summed E-state index contributed by atoms with van der Waals surface area (Å²) in [4.78, 5) is 12.2. The molecule has 106 valence electrons. The van der Waals surface area contributed by atoms with E-state index in [1.807, 2.05) is 18.2 Å². The van der Waals surface area contributed by atoms with Crippen LogP contribution in [0, 0.1) is 0 Å². The fraction of sp³-hybridized carbons (Fsp3) is 0.267. The summed E-state index contributed by atoms with van der Waals surface area (Å²) in [7, 11) is 0. The zero-order valence-electron chi connectivity index (χ0n) is 11.2. The van der Waals surface area contributed by atoms with Crippen molar-refractivity contribution in [1.82, 2.24) is 0 Å². The van der Waals surface area contributed by atoms with Crippen molar-refractivity contribution in [2.24, 2.45) is 0 Å². The Morgan fingerprint density at radius 1 is 1.30 bits per heavy atom. The van der Waals surface area contributed by atoms with Crippen LogP contribution in [-0.2, 0) is 0 Å². The number of carbonyl (C=O) groups is 1. The summed E-state index contributed by atoms with van der Waals surface area (Å²) in [6.45, 7) is 4.37. The van der Waals surface area contributed by atoms with Gasteiger partial charge < -0.3 is 5.32 Å². The third-order valence-corrected chi connectivity index (χ3v) is 5.59. The molecule has 0 bridgehead atoms. The summed E-state index contributed by atoms with van der Waals surface area (Å²) in [6.07, 6.45) is 1.11. The highest BCUT2D eigenvalue weighted by molar-refractivity contribution is 9.12. The predicted molar refractivity (Wildman–Crippen MR) is 92.8 cm³/mol. The molecule has 1 heterocycles. The number of nitrogens with one attached hydrogen (secondary N) is 1. The largest absolute Gasteiger partial charge is 0.322 e. The highest BCUT2D eigenvalue weighted by Crippen LogP contribution is 2.32. The first kappa shape index (κ1) is 15.7. The summed E-state index contributed by atoms with van der Waals surface area (Å²) in [5.74, 6) is 0.442. The molecule has 0 aliphatic rings. The molecule has 0 aliphatic heterocycles. The molecule has 0 aliphatic carbocycles. The molecule has 20 heavy (non-hydrogen) atoms. The lowest BCUT2D eigenvalue weighted by atomic mass is 9.99. The van der Waals surface area contributed by atoms with E-state index in [0.717, 1.165) is 19.7 Å². The molecule has 1 amide bonds. The van der Waals surface area contributed by atoms with Gasteiger partial charge in [-0.2, -0.15) is 0 Å². The minimum absolute atomic E-state index is 0.102. The Kier molecular flexibility index (Phi) is 5.41. The monoisotopic (exact) mass is 415 g/mol. The van der Waals surface area contributed by atoms with Crippen molar-refractivity contribution in [2.75, 3.05) is 5.32 Å². The van der Waals surface area contributed by atoms with Gasteiger partial charge in [-0.15, -0.1) is 11.3 Å². The van der Waals surface area contributed by atoms with Crippen LogP contribution in [-0.4, -0.2) is 5.91 Å². The maximum atomic E-state index is 12.2. The molecule has 5 heteroatoms. The normalized spacial score (nSPS) is 12.2. The van der Waals surface area contributed by atoms with Crippen LogP contribution in [0.3, 0.4) is 0 Å². The van der Waals surface area contributed by atoms with Gasteiger partial charge >= 0.3 is 0 Å². The molecular weight excluding hydrogens is 402 g/mol. The molecular formula is C15H15Br2NOS. The zero-order chi connectivity index (χ0) is 14.7. The minimum Gasteiger partial charge on any atom is -0.322 e. The van der Waals surface area contributed by atoms with E-state index in [-0.39, 0.29) is 5.91 Å². The number of hydrogen-bond donors (Lipinski definition) is 1. The average Bonchev–Trinajstić information content (AvgIpc) is 2.78. The lowest BCUT2D eigenvalue weighted by Gasteiger charge is -2.10. The second kappa shape index (κ2) is 6.87. The highest BCUT2D eigenvalue weighted by Gasteiger charge is 2.14. The van der Waals surface area contributed by atoms with E-state index in [4.69, 9.17) is 0 Å². The van der Waals surface area contributed by atoms with Crippen molar-refractivity contribution in [3.05, 3.63) is 49.0 Å². The van der Waals surface area contributed by atoms with E-state index in [9.17, 15) is 4.79 Å². The van der Waals surface area contributed by atoms with Crippen molar-refractivity contribution in [3.63, 3.8) is 0 Å². The molecule has 2 nitrogen and oxygen atoms in total. The van der Waals surface area contributed by atoms with Crippen molar-refractivity contribution >= 4 is 54.8 Å². The maximum Gasteiger partial charge on any atom is 0.257 e. The van der Waals surface area contributed by atoms with E-state index in [1.165, 1.54) is 16.9 Å². The molecule has 1 atom stereocenters. The average molecular weight is 417 g/mol. The Morgan fingerprint density at radius 2 is 1.95 bits per heavy atom. The molecule has 1 aromatic heterocycles. The summed E-state index contributed by atoms with van der Waals surface area (Å²) in [6, 6.07) is 9.87. The molecule has 2 rings (SSSR count). The Morgan fingerprint density at radius 3 is 2.45 bits per heavy atom. The molecule has 1 N–H and O–H groups in total. The van der Waals surface area contributed by atoms with Crippen LogP contribution >= 0.6 is 43.2 Å². The number of halogens is 2. The third-order valence-electron chi connectivity index (χ3n) is 3.25. The van der Waals surface area contributed by atoms with E-state index in [1.54, 1.807) is 0 Å². The SMILES string of the molecule is CCC(C)c1ccc(NC(=O)c2cc(Br)sc2Br)cc1. The van der Waals surface area contributed by atoms with E-state index in [2.05, 4.69) is 63.2 Å². The first-order chi connectivity index (χ1) is 9.51. The summed E-state index contributed by atoms with van der Waals surface area (Å²) in [5, 5.41) is 2.91. The Hall–Kier alpha value is -0.650. The Balaban J connectivity index is 2.10. The molecule has 0 radical (unpaired) electrons. The zero-order valence-corrected chi connectivity index (χ0v) is 15.2. The molecule has 1 unspecified atom stereocenters. The fourth-order valence-electron chi connectivity index (χ4n) is 1.82. The fourth-order valence-corrected chi connectivity index (χ4v) is 4.62. The van der Waals surface area contributed by atoms with E-state index < -0.39 is 0 Å². The van der Waals surface area contributed by atoms with Gasteiger partial charge in [-0.25, -0.2) is 0 Å². The summed E-state index contributed by atoms with van der Waals surface area (Å²) < 4.78 is 1.76. The van der Waals surface area contributed by atoms with E-state index >= 15 is 0 Å². The number of rotatable bonds is 4. The molecule has 0 saturated carbocycles. The van der Waals surface area contributed by atoms with Gasteiger partial charge in [-0.3, -0.25) is 4.79 Å². The Bertz CT molecular complexity index is 607. The molecule has 0 fully saturated rings. The van der Waals surface area contributed by atoms with Gasteiger partial charge in [0.15, 0.2) is 0 Å². The number of anilines is 1. The lowest BCUT2D eigenvalue weighted by molar-refractivity contribution is 0.102. The standard InChI is InChI=1S/C15H15Br2NOS/c1-3-9(2)10-4-6-11(7-5-10)18-15(19)12-8-13(16)20-14(12)17/h4-9H,3H2,1-2H3,(H,18,19). The Labute approximate surface area is 139 Å². The van der Waals surface area contributed by atoms with Crippen molar-refractivity contribution in [1.29, 1.82) is 0 Å². The van der Waals surface area contributed by atoms with Gasteiger partial charge in [0, 0.05) is 5.69 Å². The molecule has 0 saturated heterocycles. The number of hydrogen-bond acceptors (Lipinski definition) is 2. The second-order valence-corrected chi connectivity index (χ2v) is 8.37. The van der Waals surface area contributed by atoms with Gasteiger partial charge in [-0.1, -0.05) is 26.0 Å². The van der Waals surface area contributed by atoms with Crippen LogP contribution in [0.15, 0.2) is 37.9 Å². The van der Waals surface area contributed by atoms with Crippen LogP contribution in [0.2, 0.25) is 0 Å². The van der Waals surface area contributed by atoms with E-state index in [0.29, 0.717) is 11.5 Å². The third kappa shape index (κ3) is 3.71. The van der Waals surface area contributed by atoms with Crippen molar-refractivity contribution in [2.45, 2.75) is 26.2 Å². The number of thiophene rings is 1. The van der Waals surface area contributed by atoms with Gasteiger partial charge in [0.05, 0.1) is 13.1 Å². The van der Waals surface area contributed by atoms with Crippen LogP contribution in [0.5, 0.6) is 0 Å². The topological polar surface area (TPSA) is 29.1 Å². The quantitative estimate of drug-likeness (QED) is 0.646. The molecule has 0 spiro atoms. The van der Waals surface area contributed by atoms with Gasteiger partial charge in [0.25, 0.3) is 5.91 Å². The highest BCUT2D eigenvalue weighted by atomic mass is 79.9. The number of amides is 1. The second-order valence-electron chi connectivity index (χ2n) is 4.62. The molecule has 1 aromatic carbocycles. The van der Waals surface area contributed by atoms with Gasteiger partial charge in [0.1, 0.15) is 0 Å². The summed E-state index contributed by atoms with van der Waals surface area (Å²) >= 11 is 8.27. The maximum absolute atomic E-state index is 12.2. The lowest BCUT2D eigenvalue weighted by Crippen LogP contribution is -2.11. The van der Waals surface area contributed by atoms with Gasteiger partial charge in [0.2, 0.25) is 0 Å². The number of benzene rings is 1. The molecule has 2 aromatic rings.